The molecule has 3 amide bonds. The van der Waals surface area contributed by atoms with E-state index in [1.54, 1.807) is 0 Å². The Morgan fingerprint density at radius 3 is 1.19 bits per heavy atom. The van der Waals surface area contributed by atoms with Crippen LogP contribution in [0.25, 0.3) is 0 Å². The number of carbonyl (C=O) groups is 3. The van der Waals surface area contributed by atoms with Crippen molar-refractivity contribution in [3.8, 4) is 0 Å². The van der Waals surface area contributed by atoms with Crippen molar-refractivity contribution in [1.82, 2.24) is 4.90 Å². The fourth-order valence-corrected chi connectivity index (χ4v) is 1.03. The first-order valence-corrected chi connectivity index (χ1v) is 5.41. The summed E-state index contributed by atoms with van der Waals surface area (Å²) in [7, 11) is 0. The number of carbonyl (C=O) groups excluding carboxylic acids is 2. The van der Waals surface area contributed by atoms with Gasteiger partial charge in [-0.3, -0.25) is 9.59 Å². The number of rotatable bonds is 0. The lowest BCUT2D eigenvalue weighted by Crippen LogP contribution is -2.50. The Balaban J connectivity index is 5.29. The largest absolute Gasteiger partial charge is 0.464 e. The van der Waals surface area contributed by atoms with E-state index in [-0.39, 0.29) is 0 Å². The van der Waals surface area contributed by atoms with Crippen LogP contribution < -0.4 is 0 Å². The molecule has 0 aliphatic carbocycles. The van der Waals surface area contributed by atoms with Gasteiger partial charge in [0.05, 0.1) is 0 Å². The summed E-state index contributed by atoms with van der Waals surface area (Å²) >= 11 is 30.7. The molecule has 0 rings (SSSR count). The molecule has 0 unspecified atom stereocenters. The average molecular weight is 352 g/mol. The molecule has 5 nitrogen and oxygen atoms in total. The summed E-state index contributed by atoms with van der Waals surface area (Å²) in [6.07, 6.45) is -2.03. The number of hydrogen-bond acceptors (Lipinski definition) is 3. The first-order chi connectivity index (χ1) is 6.89. The van der Waals surface area contributed by atoms with Gasteiger partial charge in [0.25, 0.3) is 19.4 Å². The molecule has 0 aromatic carbocycles. The van der Waals surface area contributed by atoms with Crippen molar-refractivity contribution < 1.29 is 19.5 Å². The van der Waals surface area contributed by atoms with Gasteiger partial charge < -0.3 is 5.11 Å². The van der Waals surface area contributed by atoms with Crippen LogP contribution in [-0.4, -0.2) is 35.5 Å². The minimum Gasteiger partial charge on any atom is -0.464 e. The molecule has 11 heteroatoms. The molecule has 1 N–H and O–H groups in total. The molecule has 0 fully saturated rings. The van der Waals surface area contributed by atoms with Gasteiger partial charge in [-0.15, -0.1) is 0 Å². The summed E-state index contributed by atoms with van der Waals surface area (Å²) in [6.45, 7) is 0. The Kier molecular flexibility index (Phi) is 5.45. The smallest absolute Gasteiger partial charge is 0.421 e. The second-order valence-electron chi connectivity index (χ2n) is 2.22. The molecule has 0 aromatic heterocycles. The van der Waals surface area contributed by atoms with Gasteiger partial charge in [0.15, 0.2) is 0 Å². The molecular weight excluding hydrogens is 351 g/mol. The zero-order chi connectivity index (χ0) is 13.3. The van der Waals surface area contributed by atoms with Gasteiger partial charge in [0.1, 0.15) is 0 Å². The van der Waals surface area contributed by atoms with Crippen LogP contribution in [0.3, 0.4) is 0 Å². The van der Waals surface area contributed by atoms with Crippen molar-refractivity contribution in [2.24, 2.45) is 0 Å². The highest BCUT2D eigenvalue weighted by Gasteiger charge is 2.48. The molecule has 0 atom stereocenters. The Morgan fingerprint density at radius 1 is 0.812 bits per heavy atom. The second-order valence-corrected chi connectivity index (χ2v) is 6.79. The molecule has 0 spiro atoms. The van der Waals surface area contributed by atoms with Gasteiger partial charge in [-0.2, -0.15) is 4.90 Å². The van der Waals surface area contributed by atoms with Crippen molar-refractivity contribution in [1.29, 1.82) is 0 Å². The van der Waals surface area contributed by atoms with E-state index in [1.807, 2.05) is 0 Å². The van der Waals surface area contributed by atoms with Gasteiger partial charge in [0.2, 0.25) is 0 Å². The summed E-state index contributed by atoms with van der Waals surface area (Å²) in [5, 5.41) is 8.57. The summed E-state index contributed by atoms with van der Waals surface area (Å²) in [4.78, 5) is 32.6. The number of alkyl halides is 6. The molecule has 0 aliphatic heterocycles. The van der Waals surface area contributed by atoms with Gasteiger partial charge >= 0.3 is 6.09 Å². The van der Waals surface area contributed by atoms with Crippen LogP contribution in [0.1, 0.15) is 0 Å². The number of nitrogens with zero attached hydrogens (tertiary/aromatic N) is 1. The molecular formula is C5HCl6NO4. The third-order valence-electron chi connectivity index (χ3n) is 1.08. The predicted molar refractivity (Wildman–Crippen MR) is 60.5 cm³/mol. The highest BCUT2D eigenvalue weighted by molar-refractivity contribution is 6.79. The van der Waals surface area contributed by atoms with E-state index in [0.29, 0.717) is 0 Å². The third-order valence-corrected chi connectivity index (χ3v) is 2.05. The number of hydrogen-bond donors (Lipinski definition) is 1. The third kappa shape index (κ3) is 4.31. The van der Waals surface area contributed by atoms with Crippen LogP contribution in [-0.2, 0) is 9.59 Å². The van der Waals surface area contributed by atoms with Crippen LogP contribution in [0, 0.1) is 0 Å². The highest BCUT2D eigenvalue weighted by Crippen LogP contribution is 2.33. The van der Waals surface area contributed by atoms with Gasteiger partial charge in [0, 0.05) is 0 Å². The zero-order valence-corrected chi connectivity index (χ0v) is 11.4. The first kappa shape index (κ1) is 16.4. The monoisotopic (exact) mass is 349 g/mol. The maximum Gasteiger partial charge on any atom is 0.421 e. The molecule has 0 heterocycles. The molecule has 0 aromatic rings. The van der Waals surface area contributed by atoms with Crippen LogP contribution in [0.5, 0.6) is 0 Å². The minimum absolute atomic E-state index is 0.486. The van der Waals surface area contributed by atoms with Crippen LogP contribution in [0.15, 0.2) is 0 Å². The maximum absolute atomic E-state index is 11.2. The van der Waals surface area contributed by atoms with E-state index in [1.165, 1.54) is 0 Å². The number of halogens is 6. The lowest BCUT2D eigenvalue weighted by molar-refractivity contribution is -0.140. The first-order valence-electron chi connectivity index (χ1n) is 3.14. The van der Waals surface area contributed by atoms with Crippen molar-refractivity contribution in [3.63, 3.8) is 0 Å². The van der Waals surface area contributed by atoms with Gasteiger partial charge in [-0.1, -0.05) is 69.6 Å². The molecule has 0 saturated heterocycles. The molecule has 0 bridgehead atoms. The van der Waals surface area contributed by atoms with Gasteiger partial charge in [-0.25, -0.2) is 4.79 Å². The van der Waals surface area contributed by atoms with Crippen LogP contribution >= 0.6 is 69.6 Å². The maximum atomic E-state index is 11.2. The molecule has 16 heavy (non-hydrogen) atoms. The number of imide groups is 3. The lowest BCUT2D eigenvalue weighted by atomic mass is 10.5. The Hall–Kier alpha value is 0.350. The summed E-state index contributed by atoms with van der Waals surface area (Å²) in [5.41, 5.74) is 0. The van der Waals surface area contributed by atoms with Crippen molar-refractivity contribution in [2.45, 2.75) is 7.59 Å². The van der Waals surface area contributed by atoms with E-state index in [9.17, 15) is 14.4 Å². The lowest BCUT2D eigenvalue weighted by Gasteiger charge is -2.22. The van der Waals surface area contributed by atoms with E-state index < -0.39 is 30.4 Å². The van der Waals surface area contributed by atoms with E-state index in [2.05, 4.69) is 0 Å². The average Bonchev–Trinajstić information content (AvgIpc) is 1.99. The SMILES string of the molecule is O=C(O)N(C(=O)C(Cl)(Cl)Cl)C(=O)C(Cl)(Cl)Cl. The van der Waals surface area contributed by atoms with Crippen molar-refractivity contribution >= 4 is 87.5 Å². The van der Waals surface area contributed by atoms with Crippen molar-refractivity contribution in [2.75, 3.05) is 0 Å². The Bertz CT molecular complexity index is 305. The highest BCUT2D eigenvalue weighted by atomic mass is 35.6. The second kappa shape index (κ2) is 5.33. The fourth-order valence-electron chi connectivity index (χ4n) is 0.520. The minimum atomic E-state index is -2.66. The molecule has 0 saturated carbocycles. The van der Waals surface area contributed by atoms with Crippen LogP contribution in [0.4, 0.5) is 4.79 Å². The zero-order valence-electron chi connectivity index (χ0n) is 6.89. The number of amides is 3. The Morgan fingerprint density at radius 2 is 1.06 bits per heavy atom. The normalized spacial score (nSPS) is 12.1. The van der Waals surface area contributed by atoms with E-state index in [4.69, 9.17) is 74.7 Å². The topological polar surface area (TPSA) is 74.7 Å². The molecule has 0 aliphatic rings. The summed E-state index contributed by atoms with van der Waals surface area (Å²) in [5.74, 6) is -3.33. The van der Waals surface area contributed by atoms with E-state index in [0.717, 1.165) is 0 Å². The van der Waals surface area contributed by atoms with Crippen molar-refractivity contribution in [3.05, 3.63) is 0 Å². The predicted octanol–water partition coefficient (Wildman–Crippen LogP) is 2.76. The standard InChI is InChI=1S/C5HCl6NO4/c6-4(7,8)1(13)12(3(15)16)2(14)5(9,10)11/h(H,15,16). The summed E-state index contributed by atoms with van der Waals surface area (Å²) in [6, 6.07) is 0. The van der Waals surface area contributed by atoms with Gasteiger partial charge in [-0.05, 0) is 0 Å². The quantitative estimate of drug-likeness (QED) is 0.681. The summed E-state index contributed by atoms with van der Waals surface area (Å²) < 4.78 is -5.33. The molecule has 92 valence electrons. The number of carboxylic acid groups (broad SMARTS) is 1. The molecule has 0 radical (unpaired) electrons. The van der Waals surface area contributed by atoms with Crippen LogP contribution in [0.2, 0.25) is 0 Å². The fraction of sp³-hybridized carbons (Fsp3) is 0.400. The Labute approximate surface area is 119 Å². The van der Waals surface area contributed by atoms with E-state index >= 15 is 0 Å².